The molecule has 2 amide bonds. The molecule has 0 radical (unpaired) electrons. The number of thiophene rings is 1. The normalized spacial score (nSPS) is 20.4. The van der Waals surface area contributed by atoms with E-state index in [1.807, 2.05) is 12.1 Å². The summed E-state index contributed by atoms with van der Waals surface area (Å²) in [7, 11) is 2.16. The Balaban J connectivity index is 1.66. The summed E-state index contributed by atoms with van der Waals surface area (Å²) in [4.78, 5) is 15.3. The molecule has 2 rings (SSSR count). The first-order chi connectivity index (χ1) is 9.63. The second kappa shape index (κ2) is 8.00. The number of urea groups is 1. The molecule has 1 fully saturated rings. The van der Waals surface area contributed by atoms with Crippen LogP contribution in [-0.4, -0.2) is 37.6 Å². The number of carbonyl (C=O) groups excluding carboxylic acids is 1. The molecule has 0 spiro atoms. The topological polar surface area (TPSA) is 44.4 Å². The first kappa shape index (κ1) is 15.8. The minimum Gasteiger partial charge on any atom is -0.338 e. The smallest absolute Gasteiger partial charge is 0.315 e. The zero-order valence-electron chi connectivity index (χ0n) is 11.8. The summed E-state index contributed by atoms with van der Waals surface area (Å²) in [5.41, 5.74) is 0. The fourth-order valence-electron chi connectivity index (χ4n) is 2.52. The summed E-state index contributed by atoms with van der Waals surface area (Å²) in [5, 5.41) is 5.90. The predicted octanol–water partition coefficient (Wildman–Crippen LogP) is 3.04. The number of amides is 2. The van der Waals surface area contributed by atoms with Crippen molar-refractivity contribution in [3.63, 3.8) is 0 Å². The third-order valence-corrected chi connectivity index (χ3v) is 5.20. The van der Waals surface area contributed by atoms with E-state index < -0.39 is 0 Å². The van der Waals surface area contributed by atoms with Gasteiger partial charge in [0.25, 0.3) is 0 Å². The zero-order valence-corrected chi connectivity index (χ0v) is 14.2. The van der Waals surface area contributed by atoms with Gasteiger partial charge < -0.3 is 15.5 Å². The number of carbonyl (C=O) groups is 1. The SMILES string of the molecule is CN1CCCCC(CNC(=O)NCc2ccc(Br)s2)C1. The van der Waals surface area contributed by atoms with Gasteiger partial charge in [-0.25, -0.2) is 4.79 Å². The van der Waals surface area contributed by atoms with Gasteiger partial charge in [0, 0.05) is 18.0 Å². The van der Waals surface area contributed by atoms with Crippen LogP contribution in [0.3, 0.4) is 0 Å². The molecular formula is C14H22BrN3OS. The molecule has 6 heteroatoms. The summed E-state index contributed by atoms with van der Waals surface area (Å²) in [6, 6.07) is 3.96. The molecule has 1 aromatic rings. The molecule has 1 aromatic heterocycles. The van der Waals surface area contributed by atoms with Gasteiger partial charge in [0.2, 0.25) is 0 Å². The number of hydrogen-bond acceptors (Lipinski definition) is 3. The van der Waals surface area contributed by atoms with Crippen LogP contribution in [0.1, 0.15) is 24.1 Å². The molecule has 0 bridgehead atoms. The van der Waals surface area contributed by atoms with Gasteiger partial charge in [-0.2, -0.15) is 0 Å². The number of likely N-dealkylation sites (tertiary alicyclic amines) is 1. The van der Waals surface area contributed by atoms with Crippen LogP contribution in [0.2, 0.25) is 0 Å². The average molecular weight is 360 g/mol. The molecule has 1 aliphatic heterocycles. The van der Waals surface area contributed by atoms with Gasteiger partial charge in [-0.1, -0.05) is 6.42 Å². The predicted molar refractivity (Wildman–Crippen MR) is 87.1 cm³/mol. The maximum atomic E-state index is 11.8. The first-order valence-corrected chi connectivity index (χ1v) is 8.69. The highest BCUT2D eigenvalue weighted by Crippen LogP contribution is 2.21. The third kappa shape index (κ3) is 5.42. The zero-order chi connectivity index (χ0) is 14.4. The van der Waals surface area contributed by atoms with E-state index in [4.69, 9.17) is 0 Å². The number of hydrogen-bond donors (Lipinski definition) is 2. The minimum atomic E-state index is -0.0681. The second-order valence-electron chi connectivity index (χ2n) is 5.39. The van der Waals surface area contributed by atoms with E-state index in [0.717, 1.165) is 21.8 Å². The highest BCUT2D eigenvalue weighted by molar-refractivity contribution is 9.11. The molecule has 1 atom stereocenters. The van der Waals surface area contributed by atoms with Crippen molar-refractivity contribution in [2.75, 3.05) is 26.7 Å². The minimum absolute atomic E-state index is 0.0681. The second-order valence-corrected chi connectivity index (χ2v) is 7.94. The Hall–Kier alpha value is -0.590. The molecule has 1 unspecified atom stereocenters. The molecule has 1 aliphatic rings. The van der Waals surface area contributed by atoms with Crippen LogP contribution >= 0.6 is 27.3 Å². The molecule has 2 heterocycles. The van der Waals surface area contributed by atoms with Crippen LogP contribution in [0, 0.1) is 5.92 Å². The Bertz CT molecular complexity index is 438. The van der Waals surface area contributed by atoms with E-state index in [1.165, 1.54) is 25.8 Å². The fourth-order valence-corrected chi connectivity index (χ4v) is 3.94. The highest BCUT2D eigenvalue weighted by Gasteiger charge is 2.16. The van der Waals surface area contributed by atoms with E-state index in [-0.39, 0.29) is 6.03 Å². The maximum absolute atomic E-state index is 11.8. The Kier molecular flexibility index (Phi) is 6.32. The van der Waals surface area contributed by atoms with Gasteiger partial charge >= 0.3 is 6.03 Å². The Morgan fingerprint density at radius 3 is 3.05 bits per heavy atom. The molecule has 0 aliphatic carbocycles. The lowest BCUT2D eigenvalue weighted by Gasteiger charge is -2.20. The van der Waals surface area contributed by atoms with Crippen molar-refractivity contribution in [2.45, 2.75) is 25.8 Å². The van der Waals surface area contributed by atoms with Gasteiger partial charge in [0.05, 0.1) is 10.3 Å². The number of nitrogens with zero attached hydrogens (tertiary/aromatic N) is 1. The van der Waals surface area contributed by atoms with E-state index >= 15 is 0 Å². The van der Waals surface area contributed by atoms with E-state index in [2.05, 4.69) is 38.5 Å². The summed E-state index contributed by atoms with van der Waals surface area (Å²) in [6.07, 6.45) is 3.75. The lowest BCUT2D eigenvalue weighted by Crippen LogP contribution is -2.39. The number of rotatable bonds is 4. The Morgan fingerprint density at radius 1 is 1.45 bits per heavy atom. The van der Waals surface area contributed by atoms with Crippen LogP contribution in [-0.2, 0) is 6.54 Å². The van der Waals surface area contributed by atoms with Gasteiger partial charge in [0.1, 0.15) is 0 Å². The summed E-state index contributed by atoms with van der Waals surface area (Å²) in [5.74, 6) is 0.573. The van der Waals surface area contributed by atoms with Crippen molar-refractivity contribution in [3.05, 3.63) is 20.8 Å². The van der Waals surface area contributed by atoms with Crippen molar-refractivity contribution < 1.29 is 4.79 Å². The molecule has 112 valence electrons. The monoisotopic (exact) mass is 359 g/mol. The summed E-state index contributed by atoms with van der Waals surface area (Å²) < 4.78 is 1.09. The van der Waals surface area contributed by atoms with Crippen molar-refractivity contribution in [1.82, 2.24) is 15.5 Å². The molecule has 20 heavy (non-hydrogen) atoms. The van der Waals surface area contributed by atoms with Crippen LogP contribution in [0.15, 0.2) is 15.9 Å². The maximum Gasteiger partial charge on any atom is 0.315 e. The molecule has 0 saturated carbocycles. The molecule has 2 N–H and O–H groups in total. The quantitative estimate of drug-likeness (QED) is 0.867. The molecule has 4 nitrogen and oxygen atoms in total. The lowest BCUT2D eigenvalue weighted by atomic mass is 10.0. The van der Waals surface area contributed by atoms with E-state index in [9.17, 15) is 4.79 Å². The third-order valence-electron chi connectivity index (χ3n) is 3.58. The molecular weight excluding hydrogens is 338 g/mol. The van der Waals surface area contributed by atoms with Crippen molar-refractivity contribution >= 4 is 33.3 Å². The average Bonchev–Trinajstić information content (AvgIpc) is 2.72. The Labute approximate surface area is 133 Å². The first-order valence-electron chi connectivity index (χ1n) is 7.08. The van der Waals surface area contributed by atoms with Crippen molar-refractivity contribution in [2.24, 2.45) is 5.92 Å². The number of nitrogens with one attached hydrogen (secondary N) is 2. The van der Waals surface area contributed by atoms with Gasteiger partial charge in [0.15, 0.2) is 0 Å². The van der Waals surface area contributed by atoms with Crippen molar-refractivity contribution in [1.29, 1.82) is 0 Å². The van der Waals surface area contributed by atoms with Gasteiger partial charge in [-0.05, 0) is 60.4 Å². The Morgan fingerprint density at radius 2 is 2.30 bits per heavy atom. The molecule has 1 saturated heterocycles. The van der Waals surface area contributed by atoms with E-state index in [0.29, 0.717) is 12.5 Å². The van der Waals surface area contributed by atoms with Gasteiger partial charge in [-0.15, -0.1) is 11.3 Å². The van der Waals surface area contributed by atoms with Gasteiger partial charge in [-0.3, -0.25) is 0 Å². The van der Waals surface area contributed by atoms with Crippen LogP contribution in [0.4, 0.5) is 4.79 Å². The lowest BCUT2D eigenvalue weighted by molar-refractivity contribution is 0.235. The van der Waals surface area contributed by atoms with E-state index in [1.54, 1.807) is 11.3 Å². The molecule has 0 aromatic carbocycles. The van der Waals surface area contributed by atoms with Crippen LogP contribution in [0.5, 0.6) is 0 Å². The summed E-state index contributed by atoms with van der Waals surface area (Å²) >= 11 is 5.07. The fraction of sp³-hybridized carbons (Fsp3) is 0.643. The van der Waals surface area contributed by atoms with Crippen molar-refractivity contribution in [3.8, 4) is 0 Å². The highest BCUT2D eigenvalue weighted by atomic mass is 79.9. The largest absolute Gasteiger partial charge is 0.338 e. The number of halogens is 1. The summed E-state index contributed by atoms with van der Waals surface area (Å²) in [6.45, 7) is 3.62. The standard InChI is InChI=1S/C14H22BrN3OS/c1-18-7-3-2-4-11(10-18)8-16-14(19)17-9-12-5-6-13(15)20-12/h5-6,11H,2-4,7-10H2,1H3,(H2,16,17,19). The van der Waals surface area contributed by atoms with Crippen LogP contribution in [0.25, 0.3) is 0 Å². The van der Waals surface area contributed by atoms with Crippen LogP contribution < -0.4 is 10.6 Å².